The fraction of sp³-hybridized carbons (Fsp3) is 0.556. The monoisotopic (exact) mass is 337 g/mol. The Hall–Kier alpha value is -2.24. The number of nitrogens with zero attached hydrogens (tertiary/aromatic N) is 1. The minimum absolute atomic E-state index is 0.0892. The predicted molar refractivity (Wildman–Crippen MR) is 92.2 cm³/mol. The Bertz CT molecular complexity index is 542. The zero-order valence-electron chi connectivity index (χ0n) is 14.2. The zero-order valence-corrected chi connectivity index (χ0v) is 14.2. The van der Waals surface area contributed by atoms with E-state index in [9.17, 15) is 15.1 Å². The van der Waals surface area contributed by atoms with Crippen LogP contribution in [-0.2, 0) is 4.79 Å². The molecule has 0 saturated heterocycles. The van der Waals surface area contributed by atoms with Crippen molar-refractivity contribution < 1.29 is 25.0 Å². The van der Waals surface area contributed by atoms with E-state index in [0.29, 0.717) is 17.7 Å². The highest BCUT2D eigenvalue weighted by molar-refractivity contribution is 6.02. The highest BCUT2D eigenvalue weighted by Crippen LogP contribution is 2.26. The Morgan fingerprint density at radius 3 is 2.38 bits per heavy atom. The van der Waals surface area contributed by atoms with Crippen molar-refractivity contribution in [1.82, 2.24) is 0 Å². The first-order chi connectivity index (χ1) is 11.6. The van der Waals surface area contributed by atoms with Crippen molar-refractivity contribution in [3.8, 4) is 11.5 Å². The SMILES string of the molecule is CCCCCCCCC/C(=N\O)c1ccc(OCC(=O)O)cc1O. The maximum Gasteiger partial charge on any atom is 0.341 e. The first-order valence-corrected chi connectivity index (χ1v) is 8.47. The number of phenolic OH excluding ortho intramolecular Hbond substituents is 1. The van der Waals surface area contributed by atoms with Gasteiger partial charge in [-0.1, -0.05) is 50.6 Å². The lowest BCUT2D eigenvalue weighted by Crippen LogP contribution is -2.09. The highest BCUT2D eigenvalue weighted by atomic mass is 16.5. The number of unbranched alkanes of at least 4 members (excludes halogenated alkanes) is 6. The molecule has 0 aliphatic rings. The second-order valence-corrected chi connectivity index (χ2v) is 5.78. The van der Waals surface area contributed by atoms with E-state index in [0.717, 1.165) is 19.3 Å². The van der Waals surface area contributed by atoms with E-state index in [2.05, 4.69) is 12.1 Å². The lowest BCUT2D eigenvalue weighted by molar-refractivity contribution is -0.139. The average Bonchev–Trinajstić information content (AvgIpc) is 2.56. The molecule has 0 saturated carbocycles. The van der Waals surface area contributed by atoms with Gasteiger partial charge in [0, 0.05) is 11.6 Å². The molecule has 3 N–H and O–H groups in total. The Morgan fingerprint density at radius 1 is 1.12 bits per heavy atom. The molecule has 0 atom stereocenters. The molecular weight excluding hydrogens is 310 g/mol. The third kappa shape index (κ3) is 7.35. The van der Waals surface area contributed by atoms with E-state index in [4.69, 9.17) is 9.84 Å². The summed E-state index contributed by atoms with van der Waals surface area (Å²) in [6.07, 6.45) is 8.67. The molecule has 0 bridgehead atoms. The molecule has 0 fully saturated rings. The zero-order chi connectivity index (χ0) is 17.8. The lowest BCUT2D eigenvalue weighted by Gasteiger charge is -2.09. The number of carbonyl (C=O) groups is 1. The number of phenols is 1. The molecule has 6 heteroatoms. The summed E-state index contributed by atoms with van der Waals surface area (Å²) in [6.45, 7) is 1.71. The van der Waals surface area contributed by atoms with Crippen LogP contribution in [0.5, 0.6) is 11.5 Å². The summed E-state index contributed by atoms with van der Waals surface area (Å²) in [5.41, 5.74) is 0.858. The van der Waals surface area contributed by atoms with Crippen LogP contribution in [0, 0.1) is 0 Å². The third-order valence-corrected chi connectivity index (χ3v) is 3.78. The van der Waals surface area contributed by atoms with E-state index < -0.39 is 12.6 Å². The van der Waals surface area contributed by atoms with Gasteiger partial charge in [-0.2, -0.15) is 0 Å². The van der Waals surface area contributed by atoms with E-state index in [-0.39, 0.29) is 11.5 Å². The fourth-order valence-electron chi connectivity index (χ4n) is 2.48. The molecule has 1 aromatic rings. The van der Waals surface area contributed by atoms with Gasteiger partial charge >= 0.3 is 5.97 Å². The van der Waals surface area contributed by atoms with Crippen LogP contribution >= 0.6 is 0 Å². The van der Waals surface area contributed by atoms with Crippen LogP contribution in [0.1, 0.15) is 63.9 Å². The summed E-state index contributed by atoms with van der Waals surface area (Å²) in [4.78, 5) is 10.5. The maximum atomic E-state index is 10.5. The van der Waals surface area contributed by atoms with Crippen LogP contribution in [0.15, 0.2) is 23.4 Å². The molecule has 24 heavy (non-hydrogen) atoms. The number of hydrogen-bond donors (Lipinski definition) is 3. The van der Waals surface area contributed by atoms with Crippen molar-refractivity contribution in [2.24, 2.45) is 5.16 Å². The van der Waals surface area contributed by atoms with Gasteiger partial charge in [-0.05, 0) is 25.0 Å². The Morgan fingerprint density at radius 2 is 1.79 bits per heavy atom. The molecule has 0 aliphatic carbocycles. The van der Waals surface area contributed by atoms with Crippen molar-refractivity contribution in [2.45, 2.75) is 58.3 Å². The largest absolute Gasteiger partial charge is 0.507 e. The van der Waals surface area contributed by atoms with Gasteiger partial charge in [-0.25, -0.2) is 4.79 Å². The summed E-state index contributed by atoms with van der Waals surface area (Å²) in [7, 11) is 0. The summed E-state index contributed by atoms with van der Waals surface area (Å²) in [5, 5.41) is 31.1. The normalized spacial score (nSPS) is 11.5. The van der Waals surface area contributed by atoms with Gasteiger partial charge in [0.15, 0.2) is 6.61 Å². The Balaban J connectivity index is 2.48. The molecule has 0 spiro atoms. The lowest BCUT2D eigenvalue weighted by atomic mass is 10.0. The molecule has 0 heterocycles. The molecule has 1 rings (SSSR count). The van der Waals surface area contributed by atoms with E-state index in [1.807, 2.05) is 0 Å². The summed E-state index contributed by atoms with van der Waals surface area (Å²) < 4.78 is 5.00. The number of carboxylic acids is 1. The third-order valence-electron chi connectivity index (χ3n) is 3.78. The van der Waals surface area contributed by atoms with Crippen molar-refractivity contribution in [2.75, 3.05) is 6.61 Å². The van der Waals surface area contributed by atoms with E-state index in [1.54, 1.807) is 12.1 Å². The minimum atomic E-state index is -1.09. The van der Waals surface area contributed by atoms with Gasteiger partial charge in [-0.3, -0.25) is 0 Å². The quantitative estimate of drug-likeness (QED) is 0.230. The summed E-state index contributed by atoms with van der Waals surface area (Å²) in [6, 6.07) is 4.45. The van der Waals surface area contributed by atoms with Crippen LogP contribution in [0.2, 0.25) is 0 Å². The number of ether oxygens (including phenoxy) is 1. The Labute approximate surface area is 142 Å². The smallest absolute Gasteiger partial charge is 0.341 e. The number of rotatable bonds is 12. The van der Waals surface area contributed by atoms with Crippen LogP contribution in [0.25, 0.3) is 0 Å². The van der Waals surface area contributed by atoms with Crippen LogP contribution in [0.3, 0.4) is 0 Å². The molecule has 0 amide bonds. The number of aromatic hydroxyl groups is 1. The van der Waals surface area contributed by atoms with Gasteiger partial charge in [0.05, 0.1) is 5.71 Å². The van der Waals surface area contributed by atoms with Crippen LogP contribution < -0.4 is 4.74 Å². The van der Waals surface area contributed by atoms with Crippen LogP contribution in [-0.4, -0.2) is 33.7 Å². The molecule has 1 aromatic carbocycles. The van der Waals surface area contributed by atoms with Crippen LogP contribution in [0.4, 0.5) is 0 Å². The number of aliphatic carboxylic acids is 1. The van der Waals surface area contributed by atoms with E-state index >= 15 is 0 Å². The first kappa shape index (κ1) is 19.8. The standard InChI is InChI=1S/C18H27NO5/c1-2-3-4-5-6-7-8-9-16(19-23)15-11-10-14(12-17(15)20)24-13-18(21)22/h10-12,20,23H,2-9,13H2,1H3,(H,21,22)/b19-16+. The van der Waals surface area contributed by atoms with Crippen molar-refractivity contribution >= 4 is 11.7 Å². The van der Waals surface area contributed by atoms with Gasteiger partial charge in [0.2, 0.25) is 0 Å². The number of benzene rings is 1. The fourth-order valence-corrected chi connectivity index (χ4v) is 2.48. The van der Waals surface area contributed by atoms with Gasteiger partial charge in [0.25, 0.3) is 0 Å². The maximum absolute atomic E-state index is 10.5. The van der Waals surface area contributed by atoms with Gasteiger partial charge < -0.3 is 20.2 Å². The highest BCUT2D eigenvalue weighted by Gasteiger charge is 2.11. The average molecular weight is 337 g/mol. The van der Waals surface area contributed by atoms with E-state index in [1.165, 1.54) is 31.7 Å². The second kappa shape index (κ2) is 11.3. The number of oxime groups is 1. The minimum Gasteiger partial charge on any atom is -0.507 e. The molecule has 134 valence electrons. The summed E-state index contributed by atoms with van der Waals surface area (Å²) >= 11 is 0. The van der Waals surface area contributed by atoms with Gasteiger partial charge in [0.1, 0.15) is 11.5 Å². The molecule has 6 nitrogen and oxygen atoms in total. The van der Waals surface area contributed by atoms with Crippen molar-refractivity contribution in [3.05, 3.63) is 23.8 Å². The second-order valence-electron chi connectivity index (χ2n) is 5.78. The summed E-state index contributed by atoms with van der Waals surface area (Å²) in [5.74, 6) is -0.921. The molecule has 0 radical (unpaired) electrons. The molecule has 0 aromatic heterocycles. The van der Waals surface area contributed by atoms with Crippen molar-refractivity contribution in [3.63, 3.8) is 0 Å². The number of carboxylic acid groups (broad SMARTS) is 1. The molecule has 0 unspecified atom stereocenters. The number of hydrogen-bond acceptors (Lipinski definition) is 5. The molecule has 0 aliphatic heterocycles. The van der Waals surface area contributed by atoms with Crippen molar-refractivity contribution in [1.29, 1.82) is 0 Å². The topological polar surface area (TPSA) is 99.4 Å². The molecular formula is C18H27NO5. The van der Waals surface area contributed by atoms with Gasteiger partial charge in [-0.15, -0.1) is 0 Å². The predicted octanol–water partition coefficient (Wildman–Crippen LogP) is 4.17. The first-order valence-electron chi connectivity index (χ1n) is 8.47. The Kier molecular flexibility index (Phi) is 9.34.